The molecule has 0 amide bonds. The summed E-state index contributed by atoms with van der Waals surface area (Å²) < 4.78 is 11.4. The summed E-state index contributed by atoms with van der Waals surface area (Å²) in [5.41, 5.74) is -1.23. The molecule has 2 aromatic carbocycles. The van der Waals surface area contributed by atoms with Gasteiger partial charge in [-0.25, -0.2) is 0 Å². The monoisotopic (exact) mass is 470 g/mol. The average Bonchev–Trinajstić information content (AvgIpc) is 2.84. The van der Waals surface area contributed by atoms with E-state index < -0.39 is 53.6 Å². The van der Waals surface area contributed by atoms with Crippen LogP contribution in [-0.2, 0) is 4.74 Å². The van der Waals surface area contributed by atoms with Crippen LogP contribution in [0.5, 0.6) is 11.5 Å². The summed E-state index contributed by atoms with van der Waals surface area (Å²) in [5, 5.41) is 53.3. The Bertz CT molecular complexity index is 1140. The third-order valence-corrected chi connectivity index (χ3v) is 7.09. The molecule has 34 heavy (non-hydrogen) atoms. The molecule has 0 radical (unpaired) electrons. The number of phenolic OH excluding ortho intramolecular Hbond substituents is 1. The van der Waals surface area contributed by atoms with E-state index in [1.807, 2.05) is 0 Å². The first kappa shape index (κ1) is 22.9. The van der Waals surface area contributed by atoms with E-state index in [9.17, 15) is 35.1 Å². The van der Waals surface area contributed by atoms with E-state index >= 15 is 0 Å². The molecular formula is C25H26O9. The van der Waals surface area contributed by atoms with Gasteiger partial charge in [-0.05, 0) is 25.0 Å². The molecule has 5 unspecified atom stereocenters. The second-order valence-corrected chi connectivity index (χ2v) is 9.22. The number of hydrogen-bond acceptors (Lipinski definition) is 9. The van der Waals surface area contributed by atoms with Gasteiger partial charge in [-0.2, -0.15) is 0 Å². The Labute approximate surface area is 195 Å². The first-order valence-electron chi connectivity index (χ1n) is 11.4. The van der Waals surface area contributed by atoms with Crippen molar-refractivity contribution in [3.05, 3.63) is 58.7 Å². The molecule has 1 saturated heterocycles. The van der Waals surface area contributed by atoms with E-state index in [4.69, 9.17) is 9.47 Å². The molecule has 180 valence electrons. The average molecular weight is 470 g/mol. The molecule has 1 saturated carbocycles. The van der Waals surface area contributed by atoms with Gasteiger partial charge in [0.25, 0.3) is 0 Å². The van der Waals surface area contributed by atoms with Crippen molar-refractivity contribution in [3.63, 3.8) is 0 Å². The van der Waals surface area contributed by atoms with Crippen molar-refractivity contribution in [1.29, 1.82) is 0 Å². The van der Waals surface area contributed by atoms with Gasteiger partial charge in [0, 0.05) is 16.7 Å². The van der Waals surface area contributed by atoms with Gasteiger partial charge in [-0.3, -0.25) is 9.59 Å². The van der Waals surface area contributed by atoms with Gasteiger partial charge >= 0.3 is 0 Å². The summed E-state index contributed by atoms with van der Waals surface area (Å²) in [7, 11) is 0. The molecule has 2 aliphatic carbocycles. The molecule has 2 fully saturated rings. The molecular weight excluding hydrogens is 444 g/mol. The zero-order chi connectivity index (χ0) is 24.2. The number of carbonyl (C=O) groups excluding carboxylic acids is 2. The van der Waals surface area contributed by atoms with Gasteiger partial charge in [0.2, 0.25) is 6.29 Å². The number of rotatable bonds is 3. The Kier molecular flexibility index (Phi) is 5.70. The number of fused-ring (bicyclic) bond motifs is 2. The zero-order valence-electron chi connectivity index (χ0n) is 18.3. The first-order chi connectivity index (χ1) is 16.2. The second-order valence-electron chi connectivity index (χ2n) is 9.22. The topological polar surface area (TPSA) is 154 Å². The molecule has 9 heteroatoms. The highest BCUT2D eigenvalue weighted by Gasteiger charge is 2.53. The van der Waals surface area contributed by atoms with E-state index in [-0.39, 0.29) is 28.0 Å². The van der Waals surface area contributed by atoms with E-state index in [1.165, 1.54) is 24.3 Å². The van der Waals surface area contributed by atoms with Crippen LogP contribution in [0.25, 0.3) is 0 Å². The number of aliphatic hydroxyl groups is 4. The van der Waals surface area contributed by atoms with E-state index in [1.54, 1.807) is 12.1 Å². The van der Waals surface area contributed by atoms with Crippen molar-refractivity contribution in [3.8, 4) is 11.5 Å². The molecule has 9 nitrogen and oxygen atoms in total. The number of phenols is 1. The van der Waals surface area contributed by atoms with Crippen molar-refractivity contribution in [2.24, 2.45) is 0 Å². The number of aliphatic hydroxyl groups excluding tert-OH is 3. The van der Waals surface area contributed by atoms with Crippen LogP contribution in [0.1, 0.15) is 63.9 Å². The lowest BCUT2D eigenvalue weighted by Gasteiger charge is -2.48. The number of hydrogen-bond donors (Lipinski definition) is 5. The van der Waals surface area contributed by atoms with E-state index in [2.05, 4.69) is 0 Å². The maximum absolute atomic E-state index is 13.0. The minimum absolute atomic E-state index is 0.0171. The number of ketones is 2. The molecule has 0 spiro atoms. The number of aromatic hydroxyl groups is 1. The molecule has 5 rings (SSSR count). The molecule has 1 aliphatic heterocycles. The Morgan fingerprint density at radius 1 is 0.824 bits per heavy atom. The lowest BCUT2D eigenvalue weighted by atomic mass is 9.76. The molecule has 2 aromatic rings. The molecule has 0 bridgehead atoms. The van der Waals surface area contributed by atoms with Crippen molar-refractivity contribution in [2.45, 2.75) is 68.4 Å². The zero-order valence-corrected chi connectivity index (χ0v) is 18.3. The third-order valence-electron chi connectivity index (χ3n) is 7.09. The standard InChI is InChI=1S/C25H26O9/c26-17-12-6-2-3-7-13(12)18(27)16-14(17)8-9-15(19(16)28)33-24-22(31)20(29)21(30)23(34-24)25(32)10-4-1-5-11-25/h2-3,6-9,20-24,28-32H,1,4-5,10-11H2. The van der Waals surface area contributed by atoms with Gasteiger partial charge in [-0.15, -0.1) is 0 Å². The van der Waals surface area contributed by atoms with Crippen molar-refractivity contribution < 1.29 is 44.6 Å². The molecule has 5 N–H and O–H groups in total. The van der Waals surface area contributed by atoms with Crippen molar-refractivity contribution >= 4 is 11.6 Å². The fraction of sp³-hybridized carbons (Fsp3) is 0.440. The van der Waals surface area contributed by atoms with Crippen LogP contribution < -0.4 is 4.74 Å². The Morgan fingerprint density at radius 3 is 2.15 bits per heavy atom. The molecule has 3 aliphatic rings. The Morgan fingerprint density at radius 2 is 1.47 bits per heavy atom. The smallest absolute Gasteiger partial charge is 0.229 e. The summed E-state index contributed by atoms with van der Waals surface area (Å²) in [6.07, 6.45) is -4.65. The quantitative estimate of drug-likeness (QED) is 0.378. The lowest BCUT2D eigenvalue weighted by molar-refractivity contribution is -0.308. The minimum Gasteiger partial charge on any atom is -0.504 e. The molecule has 1 heterocycles. The van der Waals surface area contributed by atoms with E-state index in [0.717, 1.165) is 19.3 Å². The van der Waals surface area contributed by atoms with Crippen LogP contribution in [0, 0.1) is 0 Å². The SMILES string of the molecule is O=C1c2ccccc2C(=O)c2c1ccc(OC1OC(C3(O)CCCCC3)C(O)C(O)C1O)c2O. The summed E-state index contributed by atoms with van der Waals surface area (Å²) in [6, 6.07) is 8.89. The highest BCUT2D eigenvalue weighted by atomic mass is 16.7. The van der Waals surface area contributed by atoms with E-state index in [0.29, 0.717) is 12.8 Å². The van der Waals surface area contributed by atoms with Gasteiger partial charge in [-0.1, -0.05) is 43.5 Å². The molecule has 5 atom stereocenters. The normalized spacial score (nSPS) is 30.4. The van der Waals surface area contributed by atoms with Crippen molar-refractivity contribution in [2.75, 3.05) is 0 Å². The molecule has 0 aromatic heterocycles. The summed E-state index contributed by atoms with van der Waals surface area (Å²) in [6.45, 7) is 0. The van der Waals surface area contributed by atoms with Gasteiger partial charge in [0.05, 0.1) is 11.2 Å². The highest BCUT2D eigenvalue weighted by Crippen LogP contribution is 2.42. The minimum atomic E-state index is -1.70. The van der Waals surface area contributed by atoms with Crippen LogP contribution in [0.4, 0.5) is 0 Å². The largest absolute Gasteiger partial charge is 0.504 e. The van der Waals surface area contributed by atoms with Gasteiger partial charge in [0.15, 0.2) is 23.1 Å². The summed E-state index contributed by atoms with van der Waals surface area (Å²) in [4.78, 5) is 25.9. The maximum atomic E-state index is 13.0. The summed E-state index contributed by atoms with van der Waals surface area (Å²) >= 11 is 0. The predicted molar refractivity (Wildman–Crippen MR) is 117 cm³/mol. The number of carbonyl (C=O) groups is 2. The summed E-state index contributed by atoms with van der Waals surface area (Å²) in [5.74, 6) is -1.82. The van der Waals surface area contributed by atoms with Crippen LogP contribution >= 0.6 is 0 Å². The number of ether oxygens (including phenoxy) is 2. The van der Waals surface area contributed by atoms with Crippen LogP contribution in [-0.4, -0.2) is 73.4 Å². The predicted octanol–water partition coefficient (Wildman–Crippen LogP) is 1.05. The highest BCUT2D eigenvalue weighted by molar-refractivity contribution is 6.29. The number of benzene rings is 2. The fourth-order valence-corrected chi connectivity index (χ4v) is 5.21. The van der Waals surface area contributed by atoms with Crippen LogP contribution in [0.2, 0.25) is 0 Å². The van der Waals surface area contributed by atoms with Gasteiger partial charge < -0.3 is 35.0 Å². The lowest BCUT2D eigenvalue weighted by Crippen LogP contribution is -2.65. The van der Waals surface area contributed by atoms with Crippen LogP contribution in [0.15, 0.2) is 36.4 Å². The fourth-order valence-electron chi connectivity index (χ4n) is 5.21. The maximum Gasteiger partial charge on any atom is 0.229 e. The Balaban J connectivity index is 1.46. The van der Waals surface area contributed by atoms with Gasteiger partial charge in [0.1, 0.15) is 24.4 Å². The second kappa shape index (κ2) is 8.44. The van der Waals surface area contributed by atoms with Crippen LogP contribution in [0.3, 0.4) is 0 Å². The first-order valence-corrected chi connectivity index (χ1v) is 11.4. The third kappa shape index (κ3) is 3.52. The van der Waals surface area contributed by atoms with Crippen molar-refractivity contribution in [1.82, 2.24) is 0 Å². The Hall–Kier alpha value is -2.82.